The number of thiocarbonyl (C=S) groups is 1. The van der Waals surface area contributed by atoms with Crippen molar-refractivity contribution in [1.82, 2.24) is 5.43 Å². The maximum Gasteiger partial charge on any atom is 0.184 e. The third kappa shape index (κ3) is 3.39. The number of methoxy groups -OCH3 is 2. The summed E-state index contributed by atoms with van der Waals surface area (Å²) in [6.07, 6.45) is 1.56. The van der Waals surface area contributed by atoms with E-state index in [0.29, 0.717) is 5.75 Å². The van der Waals surface area contributed by atoms with Crippen molar-refractivity contribution in [3.63, 3.8) is 0 Å². The number of benzene rings is 1. The largest absolute Gasteiger partial charge is 0.497 e. The number of hydrogen-bond acceptors (Lipinski definition) is 4. The zero-order chi connectivity index (χ0) is 12.0. The van der Waals surface area contributed by atoms with Crippen molar-refractivity contribution in [2.45, 2.75) is 0 Å². The van der Waals surface area contributed by atoms with Gasteiger partial charge in [0.05, 0.1) is 20.4 Å². The second-order valence-corrected chi connectivity index (χ2v) is 3.28. The molecular weight excluding hydrogens is 226 g/mol. The van der Waals surface area contributed by atoms with E-state index in [2.05, 4.69) is 22.7 Å². The van der Waals surface area contributed by atoms with Gasteiger partial charge in [-0.25, -0.2) is 0 Å². The topological polar surface area (TPSA) is 68.9 Å². The number of hydrogen-bond donors (Lipinski definition) is 2. The van der Waals surface area contributed by atoms with E-state index < -0.39 is 0 Å². The predicted octanol–water partition coefficient (Wildman–Crippen LogP) is 0.871. The molecule has 0 saturated heterocycles. The Labute approximate surface area is 99.2 Å². The minimum absolute atomic E-state index is 0.109. The van der Waals surface area contributed by atoms with Crippen LogP contribution in [0.25, 0.3) is 0 Å². The second kappa shape index (κ2) is 5.92. The van der Waals surface area contributed by atoms with Gasteiger partial charge in [-0.1, -0.05) is 0 Å². The maximum atomic E-state index is 5.23. The fourth-order valence-corrected chi connectivity index (χ4v) is 1.16. The quantitative estimate of drug-likeness (QED) is 0.463. The molecule has 0 radical (unpaired) electrons. The van der Waals surface area contributed by atoms with Crippen LogP contribution in [0.15, 0.2) is 23.3 Å². The number of nitrogens with two attached hydrogens (primary N) is 1. The zero-order valence-electron chi connectivity index (χ0n) is 9.06. The van der Waals surface area contributed by atoms with E-state index in [1.165, 1.54) is 0 Å². The molecule has 0 bridgehead atoms. The van der Waals surface area contributed by atoms with E-state index in [1.807, 2.05) is 0 Å². The molecule has 1 aromatic carbocycles. The monoisotopic (exact) mass is 239 g/mol. The lowest BCUT2D eigenvalue weighted by molar-refractivity contribution is 0.402. The van der Waals surface area contributed by atoms with Crippen LogP contribution in [0, 0.1) is 0 Å². The molecule has 0 amide bonds. The first-order valence-electron chi connectivity index (χ1n) is 4.48. The molecule has 0 saturated carbocycles. The summed E-state index contributed by atoms with van der Waals surface area (Å²) in [5.41, 5.74) is 8.47. The Morgan fingerprint density at radius 3 is 2.75 bits per heavy atom. The number of nitrogens with zero attached hydrogens (tertiary/aromatic N) is 1. The highest BCUT2D eigenvalue weighted by molar-refractivity contribution is 7.80. The summed E-state index contributed by atoms with van der Waals surface area (Å²) in [6, 6.07) is 5.39. The molecule has 3 N–H and O–H groups in total. The smallest absolute Gasteiger partial charge is 0.184 e. The molecule has 0 fully saturated rings. The number of ether oxygens (including phenoxy) is 2. The van der Waals surface area contributed by atoms with E-state index in [-0.39, 0.29) is 5.11 Å². The van der Waals surface area contributed by atoms with E-state index in [9.17, 15) is 0 Å². The van der Waals surface area contributed by atoms with E-state index in [0.717, 1.165) is 11.3 Å². The molecular formula is C10H13N3O2S. The van der Waals surface area contributed by atoms with Crippen LogP contribution in [-0.4, -0.2) is 25.5 Å². The molecule has 5 nitrogen and oxygen atoms in total. The summed E-state index contributed by atoms with van der Waals surface area (Å²) in [5, 5.41) is 3.96. The molecule has 6 heteroatoms. The zero-order valence-corrected chi connectivity index (χ0v) is 9.88. The Bertz CT molecular complexity index is 407. The molecule has 1 rings (SSSR count). The average molecular weight is 239 g/mol. The Morgan fingerprint density at radius 1 is 1.44 bits per heavy atom. The molecule has 0 atom stereocenters. The van der Waals surface area contributed by atoms with Gasteiger partial charge in [0.15, 0.2) is 5.11 Å². The van der Waals surface area contributed by atoms with Gasteiger partial charge in [0.25, 0.3) is 0 Å². The van der Waals surface area contributed by atoms with Crippen molar-refractivity contribution in [1.29, 1.82) is 0 Å². The van der Waals surface area contributed by atoms with Crippen LogP contribution < -0.4 is 20.6 Å². The van der Waals surface area contributed by atoms with Gasteiger partial charge in [-0.15, -0.1) is 0 Å². The third-order valence-electron chi connectivity index (χ3n) is 1.82. The standard InChI is InChI=1S/C10H13N3O2S/c1-14-8-3-4-9(15-2)7(5-8)6-12-13-10(11)16/h3-6H,1-2H3,(H3,11,13,16). The highest BCUT2D eigenvalue weighted by atomic mass is 32.1. The van der Waals surface area contributed by atoms with Gasteiger partial charge in [-0.3, -0.25) is 5.43 Å². The summed E-state index contributed by atoms with van der Waals surface area (Å²) in [6.45, 7) is 0. The van der Waals surface area contributed by atoms with Gasteiger partial charge >= 0.3 is 0 Å². The van der Waals surface area contributed by atoms with Crippen LogP contribution in [0.3, 0.4) is 0 Å². The van der Waals surface area contributed by atoms with Crippen LogP contribution in [0.2, 0.25) is 0 Å². The second-order valence-electron chi connectivity index (χ2n) is 2.84. The Balaban J connectivity index is 2.90. The first-order chi connectivity index (χ1) is 7.67. The summed E-state index contributed by atoms with van der Waals surface area (Å²) >= 11 is 4.62. The van der Waals surface area contributed by atoms with E-state index in [4.69, 9.17) is 15.2 Å². The Hall–Kier alpha value is -1.82. The van der Waals surface area contributed by atoms with Gasteiger partial charge in [-0.2, -0.15) is 5.10 Å². The van der Waals surface area contributed by atoms with Crippen molar-refractivity contribution in [2.24, 2.45) is 10.8 Å². The van der Waals surface area contributed by atoms with Gasteiger partial charge in [0.2, 0.25) is 0 Å². The fourth-order valence-electron chi connectivity index (χ4n) is 1.11. The number of hydrazone groups is 1. The van der Waals surface area contributed by atoms with Crippen LogP contribution in [0.4, 0.5) is 0 Å². The van der Waals surface area contributed by atoms with Crippen molar-refractivity contribution < 1.29 is 9.47 Å². The van der Waals surface area contributed by atoms with Crippen molar-refractivity contribution >= 4 is 23.5 Å². The molecule has 0 spiro atoms. The van der Waals surface area contributed by atoms with Gasteiger partial charge < -0.3 is 15.2 Å². The van der Waals surface area contributed by atoms with Crippen molar-refractivity contribution in [3.8, 4) is 11.5 Å². The fraction of sp³-hybridized carbons (Fsp3) is 0.200. The minimum atomic E-state index is 0.109. The molecule has 0 unspecified atom stereocenters. The van der Waals surface area contributed by atoms with Crippen molar-refractivity contribution in [3.05, 3.63) is 23.8 Å². The van der Waals surface area contributed by atoms with Crippen LogP contribution in [0.5, 0.6) is 11.5 Å². The summed E-state index contributed by atoms with van der Waals surface area (Å²) in [5.74, 6) is 1.41. The molecule has 0 heterocycles. The molecule has 0 aliphatic carbocycles. The highest BCUT2D eigenvalue weighted by Crippen LogP contribution is 2.22. The molecule has 0 aliphatic heterocycles. The lowest BCUT2D eigenvalue weighted by Gasteiger charge is -2.06. The first kappa shape index (κ1) is 12.3. The van der Waals surface area contributed by atoms with E-state index >= 15 is 0 Å². The van der Waals surface area contributed by atoms with Crippen LogP contribution >= 0.6 is 12.2 Å². The minimum Gasteiger partial charge on any atom is -0.497 e. The van der Waals surface area contributed by atoms with Crippen molar-refractivity contribution in [2.75, 3.05) is 14.2 Å². The average Bonchev–Trinajstić information content (AvgIpc) is 2.28. The number of nitrogens with one attached hydrogen (secondary N) is 1. The molecule has 0 aromatic heterocycles. The molecule has 0 aliphatic rings. The van der Waals surface area contributed by atoms with Crippen LogP contribution in [-0.2, 0) is 0 Å². The summed E-state index contributed by atoms with van der Waals surface area (Å²) < 4.78 is 10.3. The summed E-state index contributed by atoms with van der Waals surface area (Å²) in [4.78, 5) is 0. The van der Waals surface area contributed by atoms with Crippen LogP contribution in [0.1, 0.15) is 5.56 Å². The van der Waals surface area contributed by atoms with E-state index in [1.54, 1.807) is 38.6 Å². The lowest BCUT2D eigenvalue weighted by atomic mass is 10.2. The van der Waals surface area contributed by atoms with Gasteiger partial charge in [-0.05, 0) is 30.4 Å². The van der Waals surface area contributed by atoms with Gasteiger partial charge in [0.1, 0.15) is 11.5 Å². The van der Waals surface area contributed by atoms with Gasteiger partial charge in [0, 0.05) is 5.56 Å². The maximum absolute atomic E-state index is 5.23. The normalized spacial score (nSPS) is 10.1. The molecule has 16 heavy (non-hydrogen) atoms. The molecule has 86 valence electrons. The highest BCUT2D eigenvalue weighted by Gasteiger charge is 2.02. The first-order valence-corrected chi connectivity index (χ1v) is 4.88. The number of rotatable bonds is 4. The SMILES string of the molecule is COc1ccc(OC)c(C=NNC(N)=S)c1. The summed E-state index contributed by atoms with van der Waals surface area (Å²) in [7, 11) is 3.18. The lowest BCUT2D eigenvalue weighted by Crippen LogP contribution is -2.24. The Morgan fingerprint density at radius 2 is 2.19 bits per heavy atom. The Kier molecular flexibility index (Phi) is 4.53. The molecule has 1 aromatic rings. The third-order valence-corrected chi connectivity index (χ3v) is 1.91. The predicted molar refractivity (Wildman–Crippen MR) is 67.1 cm³/mol.